The van der Waals surface area contributed by atoms with Crippen molar-refractivity contribution in [2.45, 2.75) is 0 Å². The van der Waals surface area contributed by atoms with Gasteiger partial charge in [-0.15, -0.1) is 0 Å². The number of benzene rings is 5. The number of pyridine rings is 1. The Morgan fingerprint density at radius 1 is 0.463 bits per heavy atom. The highest BCUT2D eigenvalue weighted by molar-refractivity contribution is 6.19. The Labute approximate surface area is 234 Å². The van der Waals surface area contributed by atoms with E-state index < -0.39 is 0 Å². The van der Waals surface area contributed by atoms with Crippen molar-refractivity contribution in [1.29, 1.82) is 0 Å². The molecule has 0 atom stereocenters. The first kappa shape index (κ1) is 22.2. The average Bonchev–Trinajstić information content (AvgIpc) is 3.74. The second kappa shape index (κ2) is 8.44. The van der Waals surface area contributed by atoms with Crippen molar-refractivity contribution in [3.63, 3.8) is 0 Å². The van der Waals surface area contributed by atoms with Crippen LogP contribution in [0.15, 0.2) is 143 Å². The molecule has 0 unspecified atom stereocenters. The number of aromatic nitrogens is 2. The smallest absolute Gasteiger partial charge is 0.178 e. The van der Waals surface area contributed by atoms with Gasteiger partial charge in [0.1, 0.15) is 16.8 Å². The van der Waals surface area contributed by atoms with Crippen molar-refractivity contribution >= 4 is 49.5 Å². The summed E-state index contributed by atoms with van der Waals surface area (Å²) < 4.78 is 14.6. The van der Waals surface area contributed by atoms with Crippen LogP contribution in [-0.2, 0) is 0 Å². The Hall–Kier alpha value is -5.61. The molecule has 0 aliphatic rings. The molecular weight excluding hydrogens is 504 g/mol. The number of para-hydroxylation sites is 1. The first-order chi connectivity index (χ1) is 20.3. The van der Waals surface area contributed by atoms with Crippen LogP contribution < -0.4 is 0 Å². The lowest BCUT2D eigenvalue weighted by Gasteiger charge is -2.06. The van der Waals surface area contributed by atoms with Crippen LogP contribution in [0.1, 0.15) is 0 Å². The lowest BCUT2D eigenvalue weighted by Crippen LogP contribution is -1.82. The summed E-state index contributed by atoms with van der Waals surface area (Å²) in [6.07, 6.45) is 4.09. The van der Waals surface area contributed by atoms with Crippen LogP contribution in [0.25, 0.3) is 83.0 Å². The van der Waals surface area contributed by atoms with E-state index in [1.165, 1.54) is 11.1 Å². The molecule has 0 N–H and O–H groups in total. The third-order valence-corrected chi connectivity index (χ3v) is 8.08. The van der Waals surface area contributed by atoms with E-state index in [2.05, 4.69) is 91.1 Å². The van der Waals surface area contributed by atoms with Crippen molar-refractivity contribution < 1.29 is 8.83 Å². The van der Waals surface area contributed by atoms with Gasteiger partial charge in [0.05, 0.1) is 5.69 Å². The molecule has 4 aromatic heterocycles. The topological polar surface area (TPSA) is 43.6 Å². The van der Waals surface area contributed by atoms with Crippen LogP contribution >= 0.6 is 0 Å². The molecule has 4 heterocycles. The monoisotopic (exact) mass is 526 g/mol. The van der Waals surface area contributed by atoms with Gasteiger partial charge in [0.2, 0.25) is 0 Å². The van der Waals surface area contributed by atoms with Gasteiger partial charge in [-0.05, 0) is 64.7 Å². The largest absolute Gasteiger partial charge is 0.452 e. The van der Waals surface area contributed by atoms with Crippen LogP contribution in [0, 0.1) is 0 Å². The Kier molecular flexibility index (Phi) is 4.58. The summed E-state index contributed by atoms with van der Waals surface area (Å²) in [6, 6.07) is 42.2. The molecule has 9 rings (SSSR count). The number of nitrogens with zero attached hydrogens (tertiary/aromatic N) is 2. The maximum absolute atomic E-state index is 6.32. The van der Waals surface area contributed by atoms with E-state index in [1.807, 2.05) is 47.0 Å². The first-order valence-corrected chi connectivity index (χ1v) is 13.7. The van der Waals surface area contributed by atoms with Gasteiger partial charge in [0.15, 0.2) is 11.2 Å². The molecule has 0 bridgehead atoms. The molecule has 4 heteroatoms. The molecule has 0 saturated heterocycles. The second-order valence-electron chi connectivity index (χ2n) is 10.5. The van der Waals surface area contributed by atoms with E-state index >= 15 is 0 Å². The Morgan fingerprint density at radius 2 is 1.05 bits per heavy atom. The van der Waals surface area contributed by atoms with Crippen molar-refractivity contribution in [2.75, 3.05) is 0 Å². The minimum absolute atomic E-state index is 0.799. The van der Waals surface area contributed by atoms with Crippen LogP contribution in [-0.4, -0.2) is 9.38 Å². The molecule has 0 spiro atoms. The summed E-state index contributed by atoms with van der Waals surface area (Å²) in [4.78, 5) is 4.74. The van der Waals surface area contributed by atoms with E-state index in [1.54, 1.807) is 0 Å². The molecule has 0 aliphatic heterocycles. The minimum atomic E-state index is 0.799. The number of fused-ring (bicyclic) bond motifs is 8. The van der Waals surface area contributed by atoms with Crippen LogP contribution in [0.3, 0.4) is 0 Å². The molecule has 9 aromatic rings. The van der Waals surface area contributed by atoms with E-state index in [-0.39, 0.29) is 0 Å². The van der Waals surface area contributed by atoms with Gasteiger partial charge in [0.25, 0.3) is 0 Å². The number of furan rings is 2. The summed E-state index contributed by atoms with van der Waals surface area (Å²) in [5.41, 5.74) is 11.0. The Morgan fingerprint density at radius 3 is 1.78 bits per heavy atom. The highest BCUT2D eigenvalue weighted by atomic mass is 16.4. The minimum Gasteiger partial charge on any atom is -0.452 e. The molecule has 0 saturated carbocycles. The maximum atomic E-state index is 6.32. The van der Waals surface area contributed by atoms with Crippen LogP contribution in [0.5, 0.6) is 0 Å². The Balaban J connectivity index is 1.05. The number of imidazole rings is 1. The third-order valence-electron chi connectivity index (χ3n) is 8.08. The van der Waals surface area contributed by atoms with Gasteiger partial charge in [0, 0.05) is 39.5 Å². The van der Waals surface area contributed by atoms with Gasteiger partial charge in [-0.3, -0.25) is 0 Å². The number of hydrogen-bond acceptors (Lipinski definition) is 3. The van der Waals surface area contributed by atoms with Gasteiger partial charge >= 0.3 is 0 Å². The Bertz CT molecular complexity index is 2370. The van der Waals surface area contributed by atoms with Gasteiger partial charge < -0.3 is 13.2 Å². The SMILES string of the molecule is c1ccc2c(c1)oc1c2ccc2c3cc(-c4ccc(-c5ccc(-c6cn7ccccc7n6)cc5)cc4)ccc3oc21. The summed E-state index contributed by atoms with van der Waals surface area (Å²) in [6.45, 7) is 0. The summed E-state index contributed by atoms with van der Waals surface area (Å²) in [5, 5.41) is 4.34. The van der Waals surface area contributed by atoms with Crippen LogP contribution in [0.4, 0.5) is 0 Å². The summed E-state index contributed by atoms with van der Waals surface area (Å²) in [7, 11) is 0. The first-order valence-electron chi connectivity index (χ1n) is 13.7. The fourth-order valence-electron chi connectivity index (χ4n) is 5.96. The number of rotatable bonds is 3. The summed E-state index contributed by atoms with van der Waals surface area (Å²) >= 11 is 0. The average molecular weight is 527 g/mol. The summed E-state index contributed by atoms with van der Waals surface area (Å²) in [5.74, 6) is 0. The van der Waals surface area contributed by atoms with Gasteiger partial charge in [-0.25, -0.2) is 4.98 Å². The maximum Gasteiger partial charge on any atom is 0.178 e. The molecule has 4 nitrogen and oxygen atoms in total. The highest BCUT2D eigenvalue weighted by Crippen LogP contribution is 2.39. The molecule has 5 aromatic carbocycles. The quantitative estimate of drug-likeness (QED) is 0.230. The lowest BCUT2D eigenvalue weighted by molar-refractivity contribution is 0.633. The van der Waals surface area contributed by atoms with Crippen LogP contribution in [0.2, 0.25) is 0 Å². The van der Waals surface area contributed by atoms with Gasteiger partial charge in [-0.2, -0.15) is 0 Å². The van der Waals surface area contributed by atoms with Crippen molar-refractivity contribution in [3.05, 3.63) is 134 Å². The van der Waals surface area contributed by atoms with Gasteiger partial charge in [-0.1, -0.05) is 78.9 Å². The zero-order valence-corrected chi connectivity index (χ0v) is 21.9. The lowest BCUT2D eigenvalue weighted by atomic mass is 9.98. The second-order valence-corrected chi connectivity index (χ2v) is 10.5. The number of hydrogen-bond donors (Lipinski definition) is 0. The van der Waals surface area contributed by atoms with Crippen molar-refractivity contribution in [2.24, 2.45) is 0 Å². The fraction of sp³-hybridized carbons (Fsp3) is 0. The molecule has 0 radical (unpaired) electrons. The normalized spacial score (nSPS) is 11.9. The zero-order chi connectivity index (χ0) is 26.9. The molecular formula is C37H22N2O2. The molecule has 0 fully saturated rings. The zero-order valence-electron chi connectivity index (χ0n) is 21.9. The predicted molar refractivity (Wildman–Crippen MR) is 166 cm³/mol. The molecule has 0 amide bonds. The highest BCUT2D eigenvalue weighted by Gasteiger charge is 2.16. The molecule has 192 valence electrons. The van der Waals surface area contributed by atoms with E-state index in [4.69, 9.17) is 13.8 Å². The van der Waals surface area contributed by atoms with E-state index in [0.717, 1.165) is 71.9 Å². The molecule has 41 heavy (non-hydrogen) atoms. The third kappa shape index (κ3) is 3.44. The van der Waals surface area contributed by atoms with E-state index in [9.17, 15) is 0 Å². The predicted octanol–water partition coefficient (Wildman–Crippen LogP) is 10.1. The van der Waals surface area contributed by atoms with Crippen molar-refractivity contribution in [3.8, 4) is 33.5 Å². The van der Waals surface area contributed by atoms with E-state index in [0.29, 0.717) is 0 Å². The standard InChI is InChI=1S/C37H22N2O2/c1-2-6-33-28(5-1)29-17-18-30-31-21-27(16-19-34(31)41-37(30)36(29)40-33)25-10-8-23(9-11-25)24-12-14-26(15-13-24)32-22-39-20-4-3-7-35(39)38-32/h1-22H. The van der Waals surface area contributed by atoms with Crippen molar-refractivity contribution in [1.82, 2.24) is 9.38 Å². The molecule has 0 aliphatic carbocycles. The fourth-order valence-corrected chi connectivity index (χ4v) is 5.96.